The fraction of sp³-hybridized carbons (Fsp3) is 0.348. The van der Waals surface area contributed by atoms with Crippen molar-refractivity contribution in [3.63, 3.8) is 0 Å². The van der Waals surface area contributed by atoms with Gasteiger partial charge in [0.2, 0.25) is 5.91 Å². The van der Waals surface area contributed by atoms with Gasteiger partial charge in [0.1, 0.15) is 5.60 Å². The number of nitrogens with zero attached hydrogens (tertiary/aromatic N) is 2. The van der Waals surface area contributed by atoms with Crippen LogP contribution in [-0.2, 0) is 19.9 Å². The molecule has 0 radical (unpaired) electrons. The highest BCUT2D eigenvalue weighted by molar-refractivity contribution is 9.10. The molecule has 0 unspecified atom stereocenters. The molecule has 7 heteroatoms. The molecule has 156 valence electrons. The molecule has 3 amide bonds. The number of anilines is 1. The van der Waals surface area contributed by atoms with Crippen molar-refractivity contribution in [1.82, 2.24) is 4.90 Å². The van der Waals surface area contributed by atoms with E-state index in [0.717, 1.165) is 14.9 Å². The number of hydrogen-bond acceptors (Lipinski definition) is 4. The third kappa shape index (κ3) is 2.95. The summed E-state index contributed by atoms with van der Waals surface area (Å²) < 4.78 is 6.46. The molecule has 6 nitrogen and oxygen atoms in total. The van der Waals surface area contributed by atoms with Crippen LogP contribution in [0.4, 0.5) is 10.5 Å². The topological polar surface area (TPSA) is 66.9 Å². The van der Waals surface area contributed by atoms with Crippen LogP contribution in [0.3, 0.4) is 0 Å². The molecule has 2 atom stereocenters. The monoisotopic (exact) mass is 470 g/mol. The van der Waals surface area contributed by atoms with Gasteiger partial charge in [0.25, 0.3) is 5.91 Å². The van der Waals surface area contributed by atoms with Gasteiger partial charge in [-0.15, -0.1) is 0 Å². The van der Waals surface area contributed by atoms with E-state index >= 15 is 0 Å². The number of likely N-dealkylation sites (tertiary alicyclic amines) is 1. The Bertz CT molecular complexity index is 1040. The van der Waals surface area contributed by atoms with Crippen molar-refractivity contribution < 1.29 is 19.1 Å². The van der Waals surface area contributed by atoms with E-state index < -0.39 is 29.1 Å². The minimum Gasteiger partial charge on any atom is -0.443 e. The first-order valence-electron chi connectivity index (χ1n) is 9.76. The highest BCUT2D eigenvalue weighted by Crippen LogP contribution is 2.57. The van der Waals surface area contributed by atoms with Crippen LogP contribution in [0.15, 0.2) is 53.0 Å². The number of halogens is 1. The van der Waals surface area contributed by atoms with Gasteiger partial charge in [-0.3, -0.25) is 9.59 Å². The molecule has 0 N–H and O–H groups in total. The Balaban J connectivity index is 1.96. The van der Waals surface area contributed by atoms with E-state index in [2.05, 4.69) is 15.9 Å². The normalized spacial score (nSPS) is 23.3. The number of ether oxygens (including phenoxy) is 1. The van der Waals surface area contributed by atoms with Gasteiger partial charge in [0.15, 0.2) is 5.54 Å². The van der Waals surface area contributed by atoms with E-state index in [1.54, 1.807) is 27.8 Å². The molecule has 1 spiro atoms. The van der Waals surface area contributed by atoms with Gasteiger partial charge in [0, 0.05) is 35.1 Å². The number of likely N-dealkylation sites (N-methyl/N-ethyl adjacent to an activating group) is 1. The number of amides is 3. The number of imide groups is 1. The standard InChI is InChI=1S/C23H23BrN2O4/c1-22(2,3)30-21(29)26-19(27)13-17(14-9-11-15(24)12-10-14)23(26)16-7-5-6-8-18(16)25(4)20(23)28/h5-12,17H,13H2,1-4H3/t17-,23-/m1/s1. The summed E-state index contributed by atoms with van der Waals surface area (Å²) in [5, 5.41) is 0. The Labute approximate surface area is 183 Å². The summed E-state index contributed by atoms with van der Waals surface area (Å²) in [5.74, 6) is -1.26. The quantitative estimate of drug-likeness (QED) is 0.611. The Morgan fingerprint density at radius 2 is 1.73 bits per heavy atom. The van der Waals surface area contributed by atoms with Gasteiger partial charge < -0.3 is 9.64 Å². The first-order chi connectivity index (χ1) is 14.1. The molecule has 0 aromatic heterocycles. The first kappa shape index (κ1) is 20.6. The second kappa shape index (κ2) is 6.94. The molecule has 4 rings (SSSR count). The minimum absolute atomic E-state index is 0.0365. The Morgan fingerprint density at radius 3 is 2.37 bits per heavy atom. The van der Waals surface area contributed by atoms with E-state index in [1.165, 1.54) is 4.90 Å². The predicted octanol–water partition coefficient (Wildman–Crippen LogP) is 4.57. The molecular formula is C23H23BrN2O4. The van der Waals surface area contributed by atoms with Crippen molar-refractivity contribution in [1.29, 1.82) is 0 Å². The van der Waals surface area contributed by atoms with E-state index in [9.17, 15) is 14.4 Å². The van der Waals surface area contributed by atoms with Crippen molar-refractivity contribution in [2.75, 3.05) is 11.9 Å². The van der Waals surface area contributed by atoms with Crippen LogP contribution in [0, 0.1) is 0 Å². The molecule has 0 saturated carbocycles. The summed E-state index contributed by atoms with van der Waals surface area (Å²) in [6.07, 6.45) is -0.764. The van der Waals surface area contributed by atoms with Crippen LogP contribution in [0.5, 0.6) is 0 Å². The summed E-state index contributed by atoms with van der Waals surface area (Å²) in [7, 11) is 1.67. The molecule has 1 saturated heterocycles. The van der Waals surface area contributed by atoms with E-state index in [-0.39, 0.29) is 12.3 Å². The lowest BCUT2D eigenvalue weighted by molar-refractivity contribution is -0.138. The largest absolute Gasteiger partial charge is 0.443 e. The summed E-state index contributed by atoms with van der Waals surface area (Å²) in [5.41, 5.74) is -0.133. The fourth-order valence-electron chi connectivity index (χ4n) is 4.50. The van der Waals surface area contributed by atoms with Crippen molar-refractivity contribution in [3.05, 3.63) is 64.1 Å². The molecule has 0 aliphatic carbocycles. The molecule has 30 heavy (non-hydrogen) atoms. The van der Waals surface area contributed by atoms with Gasteiger partial charge in [-0.1, -0.05) is 46.3 Å². The number of para-hydroxylation sites is 1. The van der Waals surface area contributed by atoms with Crippen molar-refractivity contribution in [3.8, 4) is 0 Å². The maximum absolute atomic E-state index is 13.8. The number of carbonyl (C=O) groups excluding carboxylic acids is 3. The fourth-order valence-corrected chi connectivity index (χ4v) is 4.76. The smallest absolute Gasteiger partial charge is 0.418 e. The van der Waals surface area contributed by atoms with Crippen LogP contribution in [0.25, 0.3) is 0 Å². The van der Waals surface area contributed by atoms with Crippen LogP contribution < -0.4 is 4.90 Å². The van der Waals surface area contributed by atoms with Crippen LogP contribution in [0.1, 0.15) is 44.2 Å². The highest BCUT2D eigenvalue weighted by Gasteiger charge is 2.67. The van der Waals surface area contributed by atoms with Gasteiger partial charge in [-0.05, 0) is 44.5 Å². The zero-order valence-electron chi connectivity index (χ0n) is 17.3. The first-order valence-corrected chi connectivity index (χ1v) is 10.6. The second-order valence-electron chi connectivity index (χ2n) is 8.67. The van der Waals surface area contributed by atoms with Crippen molar-refractivity contribution in [2.45, 2.75) is 44.2 Å². The zero-order chi connectivity index (χ0) is 21.8. The lowest BCUT2D eigenvalue weighted by Gasteiger charge is -2.37. The minimum atomic E-state index is -1.47. The summed E-state index contributed by atoms with van der Waals surface area (Å²) >= 11 is 3.43. The molecule has 1 fully saturated rings. The van der Waals surface area contributed by atoms with Crippen LogP contribution in [0.2, 0.25) is 0 Å². The Kier molecular flexibility index (Phi) is 4.77. The molecule has 0 bridgehead atoms. The summed E-state index contributed by atoms with van der Waals surface area (Å²) in [4.78, 5) is 42.8. The number of benzene rings is 2. The SMILES string of the molecule is CN1C(=O)[C@@]2(c3ccccc31)[C@@H](c1ccc(Br)cc1)CC(=O)N2C(=O)OC(C)(C)C. The van der Waals surface area contributed by atoms with Crippen molar-refractivity contribution >= 4 is 39.5 Å². The Hall–Kier alpha value is -2.67. The summed E-state index contributed by atoms with van der Waals surface area (Å²) in [6, 6.07) is 14.8. The zero-order valence-corrected chi connectivity index (χ0v) is 18.9. The summed E-state index contributed by atoms with van der Waals surface area (Å²) in [6.45, 7) is 5.21. The van der Waals surface area contributed by atoms with E-state index in [4.69, 9.17) is 4.74 Å². The molecular weight excluding hydrogens is 448 g/mol. The van der Waals surface area contributed by atoms with E-state index in [0.29, 0.717) is 11.3 Å². The third-order valence-corrected chi connectivity index (χ3v) is 6.17. The van der Waals surface area contributed by atoms with E-state index in [1.807, 2.05) is 48.5 Å². The lowest BCUT2D eigenvalue weighted by Crippen LogP contribution is -2.55. The third-order valence-electron chi connectivity index (χ3n) is 5.64. The molecule has 2 aromatic rings. The van der Waals surface area contributed by atoms with Gasteiger partial charge in [0.05, 0.1) is 0 Å². The van der Waals surface area contributed by atoms with Crippen LogP contribution in [-0.4, -0.2) is 35.5 Å². The number of carbonyl (C=O) groups is 3. The number of fused-ring (bicyclic) bond motifs is 2. The average Bonchev–Trinajstić information content (AvgIpc) is 3.10. The maximum atomic E-state index is 13.8. The number of hydrogen-bond donors (Lipinski definition) is 0. The molecule has 2 heterocycles. The molecule has 2 aromatic carbocycles. The average molecular weight is 471 g/mol. The van der Waals surface area contributed by atoms with Crippen LogP contribution >= 0.6 is 15.9 Å². The van der Waals surface area contributed by atoms with Gasteiger partial charge in [-0.25, -0.2) is 9.69 Å². The Morgan fingerprint density at radius 1 is 1.10 bits per heavy atom. The molecule has 2 aliphatic heterocycles. The van der Waals surface area contributed by atoms with Gasteiger partial charge >= 0.3 is 6.09 Å². The lowest BCUT2D eigenvalue weighted by atomic mass is 9.76. The van der Waals surface area contributed by atoms with Crippen molar-refractivity contribution in [2.24, 2.45) is 0 Å². The second-order valence-corrected chi connectivity index (χ2v) is 9.58. The highest BCUT2D eigenvalue weighted by atomic mass is 79.9. The number of rotatable bonds is 1. The van der Waals surface area contributed by atoms with Gasteiger partial charge in [-0.2, -0.15) is 0 Å². The predicted molar refractivity (Wildman–Crippen MR) is 116 cm³/mol. The molecule has 2 aliphatic rings. The maximum Gasteiger partial charge on any atom is 0.418 e.